The average Bonchev–Trinajstić information content (AvgIpc) is 3.13. The molecule has 0 saturated carbocycles. The molecule has 0 saturated heterocycles. The van der Waals surface area contributed by atoms with Gasteiger partial charge in [-0.15, -0.1) is 6.58 Å². The van der Waals surface area contributed by atoms with Gasteiger partial charge in [-0.1, -0.05) is 42.5 Å². The first kappa shape index (κ1) is 19.3. The fraction of sp³-hybridized carbons (Fsp3) is 0.318. The van der Waals surface area contributed by atoms with Gasteiger partial charge in [-0.3, -0.25) is 14.5 Å². The van der Waals surface area contributed by atoms with Crippen LogP contribution in [0, 0.1) is 5.92 Å². The van der Waals surface area contributed by atoms with Crippen LogP contribution in [-0.4, -0.2) is 45.9 Å². The highest BCUT2D eigenvalue weighted by Crippen LogP contribution is 2.49. The van der Waals surface area contributed by atoms with Crippen LogP contribution in [0.15, 0.2) is 59.7 Å². The van der Waals surface area contributed by atoms with Gasteiger partial charge in [0, 0.05) is 12.5 Å². The molecule has 1 heterocycles. The Kier molecular flexibility index (Phi) is 4.94. The highest BCUT2D eigenvalue weighted by atomic mass is 16.5. The number of aromatic nitrogens is 1. The zero-order chi connectivity index (χ0) is 20.6. The topological polar surface area (TPSA) is 92.9 Å². The number of hydrogen-bond acceptors (Lipinski definition) is 7. The van der Waals surface area contributed by atoms with Gasteiger partial charge in [-0.2, -0.15) is 0 Å². The first-order chi connectivity index (χ1) is 14.0. The third-order valence-corrected chi connectivity index (χ3v) is 5.59. The predicted octanol–water partition coefficient (Wildman–Crippen LogP) is 2.49. The van der Waals surface area contributed by atoms with E-state index in [-0.39, 0.29) is 18.1 Å². The molecule has 0 bridgehead atoms. The number of likely N-dealkylation sites (N-methyl/N-ethyl adjacent to an activating group) is 1. The van der Waals surface area contributed by atoms with Crippen LogP contribution >= 0.6 is 0 Å². The summed E-state index contributed by atoms with van der Waals surface area (Å²) in [7, 11) is 1.82. The maximum atomic E-state index is 13.3. The second-order valence-electron chi connectivity index (χ2n) is 7.38. The number of rotatable bonds is 6. The first-order valence-electron chi connectivity index (χ1n) is 9.44. The number of nitrogens with zero attached hydrogens (tertiary/aromatic N) is 2. The number of benzene rings is 1. The zero-order valence-corrected chi connectivity index (χ0v) is 16.1. The van der Waals surface area contributed by atoms with Crippen molar-refractivity contribution in [1.82, 2.24) is 10.1 Å². The van der Waals surface area contributed by atoms with Crippen LogP contribution in [0.25, 0.3) is 0 Å². The molecule has 0 aliphatic heterocycles. The molecular weight excluding hydrogens is 372 g/mol. The summed E-state index contributed by atoms with van der Waals surface area (Å²) in [5.74, 6) is -1.74. The van der Waals surface area contributed by atoms with E-state index < -0.39 is 29.1 Å². The summed E-state index contributed by atoms with van der Waals surface area (Å²) in [5, 5.41) is 15.2. The Labute approximate surface area is 168 Å². The molecule has 7 nitrogen and oxygen atoms in total. The smallest absolute Gasteiger partial charge is 0.265 e. The van der Waals surface area contributed by atoms with Crippen LogP contribution in [0.4, 0.5) is 0 Å². The van der Waals surface area contributed by atoms with Crippen LogP contribution in [-0.2, 0) is 11.4 Å². The van der Waals surface area contributed by atoms with Crippen LogP contribution in [0.1, 0.15) is 34.1 Å². The fourth-order valence-corrected chi connectivity index (χ4v) is 4.16. The molecule has 1 aromatic carbocycles. The lowest BCUT2D eigenvalue weighted by Gasteiger charge is -2.44. The number of ketones is 2. The van der Waals surface area contributed by atoms with Crippen molar-refractivity contribution in [2.75, 3.05) is 13.6 Å². The number of aliphatic hydroxyl groups is 1. The Morgan fingerprint density at radius 1 is 1.38 bits per heavy atom. The Bertz CT molecular complexity index is 980. The van der Waals surface area contributed by atoms with E-state index in [9.17, 15) is 14.7 Å². The molecule has 0 radical (unpaired) electrons. The molecule has 3 atom stereocenters. The Morgan fingerprint density at radius 3 is 2.86 bits per heavy atom. The van der Waals surface area contributed by atoms with Gasteiger partial charge in [-0.05, 0) is 30.3 Å². The summed E-state index contributed by atoms with van der Waals surface area (Å²) in [6, 6.07) is 8.89. The largest absolute Gasteiger partial charge is 0.470 e. The standard InChI is InChI=1S/C22H22N2O5/c1-3-12-24(2)18-15-10-7-11-16(25)22(15,27)20(26)17-19(18)29-23-21(17)28-13-14-8-5-4-6-9-14/h3-9,11,15,18,27H,1,10,12-13H2,2H3/t15?,18-,22-/m0/s1. The third kappa shape index (κ3) is 3.03. The molecule has 2 aromatic rings. The quantitative estimate of drug-likeness (QED) is 0.594. The molecule has 1 unspecified atom stereocenters. The van der Waals surface area contributed by atoms with Crippen molar-refractivity contribution in [3.8, 4) is 5.88 Å². The van der Waals surface area contributed by atoms with E-state index in [1.807, 2.05) is 42.3 Å². The summed E-state index contributed by atoms with van der Waals surface area (Å²) >= 11 is 0. The van der Waals surface area contributed by atoms with Gasteiger partial charge in [0.05, 0.1) is 6.04 Å². The predicted molar refractivity (Wildman–Crippen MR) is 104 cm³/mol. The van der Waals surface area contributed by atoms with Crippen LogP contribution in [0.3, 0.4) is 0 Å². The second-order valence-corrected chi connectivity index (χ2v) is 7.38. The molecule has 0 spiro atoms. The van der Waals surface area contributed by atoms with E-state index in [1.54, 1.807) is 12.2 Å². The molecule has 1 aromatic heterocycles. The van der Waals surface area contributed by atoms with E-state index in [0.29, 0.717) is 18.7 Å². The number of carbonyl (C=O) groups excluding carboxylic acids is 2. The summed E-state index contributed by atoms with van der Waals surface area (Å²) < 4.78 is 11.3. The van der Waals surface area contributed by atoms with E-state index in [0.717, 1.165) is 5.56 Å². The number of carbonyl (C=O) groups is 2. The maximum absolute atomic E-state index is 13.3. The van der Waals surface area contributed by atoms with Gasteiger partial charge in [0.2, 0.25) is 5.78 Å². The van der Waals surface area contributed by atoms with Gasteiger partial charge in [0.1, 0.15) is 12.2 Å². The lowest BCUT2D eigenvalue weighted by Crippen LogP contribution is -2.60. The number of hydrogen-bond donors (Lipinski definition) is 1. The van der Waals surface area contributed by atoms with Gasteiger partial charge in [-0.25, -0.2) is 0 Å². The van der Waals surface area contributed by atoms with E-state index >= 15 is 0 Å². The Morgan fingerprint density at radius 2 is 2.14 bits per heavy atom. The molecule has 2 aliphatic rings. The first-order valence-corrected chi connectivity index (χ1v) is 9.44. The monoisotopic (exact) mass is 394 g/mol. The fourth-order valence-electron chi connectivity index (χ4n) is 4.16. The normalized spacial score (nSPS) is 25.6. The van der Waals surface area contributed by atoms with Crippen molar-refractivity contribution >= 4 is 11.6 Å². The summed E-state index contributed by atoms with van der Waals surface area (Å²) in [5.41, 5.74) is -1.25. The van der Waals surface area contributed by atoms with Crippen molar-refractivity contribution in [2.45, 2.75) is 24.7 Å². The molecule has 2 aliphatic carbocycles. The van der Waals surface area contributed by atoms with Crippen molar-refractivity contribution < 1.29 is 24.0 Å². The highest BCUT2D eigenvalue weighted by molar-refractivity contribution is 6.23. The van der Waals surface area contributed by atoms with Gasteiger partial charge < -0.3 is 14.4 Å². The van der Waals surface area contributed by atoms with Gasteiger partial charge in [0.25, 0.3) is 5.88 Å². The minimum absolute atomic E-state index is 0.0138. The molecular formula is C22H22N2O5. The van der Waals surface area contributed by atoms with Crippen molar-refractivity contribution in [3.05, 3.63) is 72.0 Å². The van der Waals surface area contributed by atoms with E-state index in [2.05, 4.69) is 11.7 Å². The van der Waals surface area contributed by atoms with E-state index in [1.165, 1.54) is 6.08 Å². The molecule has 29 heavy (non-hydrogen) atoms. The van der Waals surface area contributed by atoms with Crippen molar-refractivity contribution in [3.63, 3.8) is 0 Å². The number of fused-ring (bicyclic) bond motifs is 2. The van der Waals surface area contributed by atoms with Gasteiger partial charge >= 0.3 is 0 Å². The van der Waals surface area contributed by atoms with Gasteiger partial charge in [0.15, 0.2) is 17.1 Å². The number of allylic oxidation sites excluding steroid dienone is 1. The Balaban J connectivity index is 1.76. The average molecular weight is 394 g/mol. The zero-order valence-electron chi connectivity index (χ0n) is 16.1. The minimum atomic E-state index is -2.17. The second kappa shape index (κ2) is 7.42. The lowest BCUT2D eigenvalue weighted by molar-refractivity contribution is -0.137. The molecule has 1 N–H and O–H groups in total. The van der Waals surface area contributed by atoms with Crippen LogP contribution in [0.5, 0.6) is 5.88 Å². The highest BCUT2D eigenvalue weighted by Gasteiger charge is 2.61. The van der Waals surface area contributed by atoms with Crippen LogP contribution in [0.2, 0.25) is 0 Å². The lowest BCUT2D eigenvalue weighted by atomic mass is 9.65. The molecule has 150 valence electrons. The van der Waals surface area contributed by atoms with Crippen molar-refractivity contribution in [1.29, 1.82) is 0 Å². The molecule has 7 heteroatoms. The Hall–Kier alpha value is -3.03. The molecule has 4 rings (SSSR count). The van der Waals surface area contributed by atoms with Crippen LogP contribution < -0.4 is 4.74 Å². The molecule has 0 fully saturated rings. The molecule has 0 amide bonds. The maximum Gasteiger partial charge on any atom is 0.265 e. The summed E-state index contributed by atoms with van der Waals surface area (Å²) in [6.45, 7) is 4.40. The van der Waals surface area contributed by atoms with Crippen molar-refractivity contribution in [2.24, 2.45) is 5.92 Å². The number of ether oxygens (including phenoxy) is 1. The van der Waals surface area contributed by atoms with E-state index in [4.69, 9.17) is 9.26 Å². The third-order valence-electron chi connectivity index (χ3n) is 5.59. The summed E-state index contributed by atoms with van der Waals surface area (Å²) in [4.78, 5) is 27.8. The minimum Gasteiger partial charge on any atom is -0.470 e. The summed E-state index contributed by atoms with van der Waals surface area (Å²) in [6.07, 6.45) is 5.01. The SMILES string of the molecule is C=CCN(C)[C@@H]1c2onc(OCc3ccccc3)c2C(=O)[C@@]2(O)C(=O)C=CCC12. The number of Topliss-reactive ketones (excluding diaryl/α,β-unsaturated/α-hetero) is 1.